The zero-order valence-corrected chi connectivity index (χ0v) is 24.6. The van der Waals surface area contributed by atoms with Crippen LogP contribution in [-0.2, 0) is 0 Å². The lowest BCUT2D eigenvalue weighted by atomic mass is 9.76. The van der Waals surface area contributed by atoms with Gasteiger partial charge in [0.05, 0.1) is 26.2 Å². The lowest BCUT2D eigenvalue weighted by Crippen LogP contribution is -2.42. The van der Waals surface area contributed by atoms with E-state index in [9.17, 15) is 25.0 Å². The number of piperidine rings is 1. The molecule has 11 heteroatoms. The number of para-hydroxylation sites is 1. The molecule has 1 amide bonds. The van der Waals surface area contributed by atoms with Crippen molar-refractivity contribution in [1.82, 2.24) is 4.90 Å². The van der Waals surface area contributed by atoms with E-state index in [1.54, 1.807) is 30.3 Å². The van der Waals surface area contributed by atoms with E-state index in [4.69, 9.17) is 11.6 Å². The van der Waals surface area contributed by atoms with Crippen molar-refractivity contribution in [2.24, 2.45) is 5.92 Å². The second kappa shape index (κ2) is 11.6. The van der Waals surface area contributed by atoms with Crippen LogP contribution in [0.25, 0.3) is 0 Å². The molecule has 2 aliphatic heterocycles. The molecule has 6 atom stereocenters. The van der Waals surface area contributed by atoms with Crippen molar-refractivity contribution >= 4 is 46.3 Å². The summed E-state index contributed by atoms with van der Waals surface area (Å²) in [5, 5.41) is 26.4. The number of anilines is 1. The third-order valence-corrected chi connectivity index (χ3v) is 11.0. The fourth-order valence-corrected chi connectivity index (χ4v) is 8.79. The minimum Gasteiger partial charge on any atom is -0.378 e. The number of alkyl halides is 1. The topological polar surface area (TPSA) is 119 Å². The van der Waals surface area contributed by atoms with E-state index < -0.39 is 4.92 Å². The van der Waals surface area contributed by atoms with E-state index in [1.807, 2.05) is 29.2 Å². The Labute approximate surface area is 252 Å². The highest BCUT2D eigenvalue weighted by molar-refractivity contribution is 8.00. The van der Waals surface area contributed by atoms with E-state index in [2.05, 4.69) is 12.2 Å². The molecule has 3 aliphatic rings. The van der Waals surface area contributed by atoms with Crippen LogP contribution in [0, 0.1) is 26.1 Å². The van der Waals surface area contributed by atoms with Crippen LogP contribution in [-0.4, -0.2) is 43.9 Å². The molecule has 0 aromatic heterocycles. The van der Waals surface area contributed by atoms with Crippen molar-refractivity contribution in [2.75, 3.05) is 11.9 Å². The highest BCUT2D eigenvalue weighted by atomic mass is 35.5. The summed E-state index contributed by atoms with van der Waals surface area (Å²) in [7, 11) is 0. The number of fused-ring (bicyclic) bond motifs is 3. The van der Waals surface area contributed by atoms with Gasteiger partial charge in [0.1, 0.15) is 0 Å². The van der Waals surface area contributed by atoms with Gasteiger partial charge in [0, 0.05) is 53.2 Å². The number of likely N-dealkylation sites (tertiary alicyclic amines) is 1. The zero-order valence-electron chi connectivity index (χ0n) is 23.0. The normalized spacial score (nSPS) is 26.6. The maximum Gasteiger partial charge on any atom is 0.282 e. The number of carbonyl (C=O) groups is 1. The summed E-state index contributed by atoms with van der Waals surface area (Å²) in [6.45, 7) is 2.83. The Morgan fingerprint density at radius 3 is 2.60 bits per heavy atom. The molecule has 3 aromatic rings. The maximum atomic E-state index is 13.6. The number of nitrogens with one attached hydrogen (secondary N) is 1. The third kappa shape index (κ3) is 5.22. The largest absolute Gasteiger partial charge is 0.378 e. The number of non-ortho nitro benzene ring substituents is 1. The lowest BCUT2D eigenvalue weighted by molar-refractivity contribution is -0.387. The Balaban J connectivity index is 1.39. The SMILES string of the molecule is C[C@@H]1CCCCN1C(=O)c1ccc2c(c1)[C@@H]1[C@H](Cl)[C@H](Sc3ccccc3[N+](=O)[O-])C[C@@H]1[C@@H](c1cccc([N+](=O)[O-])c1)N2. The summed E-state index contributed by atoms with van der Waals surface area (Å²) in [5.41, 5.74) is 3.25. The number of rotatable bonds is 6. The van der Waals surface area contributed by atoms with Gasteiger partial charge in [-0.1, -0.05) is 24.3 Å². The molecule has 42 heavy (non-hydrogen) atoms. The molecule has 1 N–H and O–H groups in total. The zero-order chi connectivity index (χ0) is 29.5. The Morgan fingerprint density at radius 1 is 1.02 bits per heavy atom. The quantitative estimate of drug-likeness (QED) is 0.175. The van der Waals surface area contributed by atoms with E-state index in [1.165, 1.54) is 23.9 Å². The number of thioether (sulfide) groups is 1. The Bertz CT molecular complexity index is 1550. The predicted octanol–water partition coefficient (Wildman–Crippen LogP) is 7.56. The minimum absolute atomic E-state index is 0.0114. The first-order valence-electron chi connectivity index (χ1n) is 14.2. The molecular formula is C31H31ClN4O5S. The molecule has 2 fully saturated rings. The Morgan fingerprint density at radius 2 is 1.83 bits per heavy atom. The number of amides is 1. The van der Waals surface area contributed by atoms with Gasteiger partial charge >= 0.3 is 0 Å². The van der Waals surface area contributed by atoms with Gasteiger partial charge in [0.25, 0.3) is 17.3 Å². The molecule has 9 nitrogen and oxygen atoms in total. The van der Waals surface area contributed by atoms with Crippen LogP contribution in [0.3, 0.4) is 0 Å². The number of nitro benzene ring substituents is 2. The van der Waals surface area contributed by atoms with E-state index in [-0.39, 0.29) is 56.8 Å². The fourth-order valence-electron chi connectivity index (χ4n) is 6.85. The van der Waals surface area contributed by atoms with Crippen LogP contribution in [0.5, 0.6) is 0 Å². The van der Waals surface area contributed by atoms with Gasteiger partial charge < -0.3 is 10.2 Å². The Kier molecular flexibility index (Phi) is 7.85. The number of carbonyl (C=O) groups excluding carboxylic acids is 1. The fraction of sp³-hybridized carbons (Fsp3) is 0.387. The number of nitro groups is 2. The second-order valence-electron chi connectivity index (χ2n) is 11.4. The van der Waals surface area contributed by atoms with Gasteiger partial charge in [-0.2, -0.15) is 0 Å². The third-order valence-electron chi connectivity index (χ3n) is 8.91. The van der Waals surface area contributed by atoms with Crippen molar-refractivity contribution in [2.45, 2.75) is 66.1 Å². The summed E-state index contributed by atoms with van der Waals surface area (Å²) in [6.07, 6.45) is 3.74. The van der Waals surface area contributed by atoms with Crippen LogP contribution < -0.4 is 5.32 Å². The summed E-state index contributed by atoms with van der Waals surface area (Å²) in [5.74, 6) is -0.210. The van der Waals surface area contributed by atoms with Crippen LogP contribution in [0.15, 0.2) is 71.6 Å². The Hall–Kier alpha value is -3.63. The number of hydrogen-bond donors (Lipinski definition) is 1. The molecule has 6 rings (SSSR count). The van der Waals surface area contributed by atoms with E-state index in [0.29, 0.717) is 16.9 Å². The number of nitrogens with zero attached hydrogens (tertiary/aromatic N) is 3. The molecule has 1 aliphatic carbocycles. The van der Waals surface area contributed by atoms with Crippen molar-refractivity contribution < 1.29 is 14.6 Å². The molecule has 1 saturated heterocycles. The molecule has 0 unspecified atom stereocenters. The number of hydrogen-bond acceptors (Lipinski definition) is 7. The van der Waals surface area contributed by atoms with Gasteiger partial charge in [-0.15, -0.1) is 23.4 Å². The second-order valence-corrected chi connectivity index (χ2v) is 13.2. The molecule has 1 saturated carbocycles. The summed E-state index contributed by atoms with van der Waals surface area (Å²) < 4.78 is 0. The molecule has 218 valence electrons. The molecule has 0 spiro atoms. The average molecular weight is 607 g/mol. The van der Waals surface area contributed by atoms with Gasteiger partial charge in [-0.25, -0.2) is 0 Å². The maximum absolute atomic E-state index is 13.6. The molecule has 0 radical (unpaired) electrons. The van der Waals surface area contributed by atoms with Gasteiger partial charge in [-0.05, 0) is 73.9 Å². The van der Waals surface area contributed by atoms with Crippen LogP contribution in [0.4, 0.5) is 17.1 Å². The molecule has 0 bridgehead atoms. The molecular weight excluding hydrogens is 576 g/mol. The minimum atomic E-state index is -0.399. The monoisotopic (exact) mass is 606 g/mol. The molecule has 3 aromatic carbocycles. The standard InChI is InChI=1S/C31H31ClN4O5S/c1-18-7-4-5-14-34(18)31(37)20-12-13-24-22(16-20)28-23(30(33-24)19-8-6-9-21(15-19)35(38)39)17-27(29(28)32)42-26-11-3-2-10-25(26)36(40)41/h2-3,6,8-13,15-16,18,23,27-30,33H,4-5,7,14,17H2,1H3/t18-,23+,27-,28+,29-,30-/m1/s1. The predicted molar refractivity (Wildman–Crippen MR) is 163 cm³/mol. The van der Waals surface area contributed by atoms with Crippen LogP contribution in [0.2, 0.25) is 0 Å². The first-order valence-corrected chi connectivity index (χ1v) is 15.5. The average Bonchev–Trinajstić information content (AvgIpc) is 3.32. The van der Waals surface area contributed by atoms with Crippen molar-refractivity contribution in [3.05, 3.63) is 104 Å². The lowest BCUT2D eigenvalue weighted by Gasteiger charge is -2.39. The van der Waals surface area contributed by atoms with Crippen LogP contribution >= 0.6 is 23.4 Å². The smallest absolute Gasteiger partial charge is 0.282 e. The van der Waals surface area contributed by atoms with Crippen molar-refractivity contribution in [3.63, 3.8) is 0 Å². The highest BCUT2D eigenvalue weighted by Gasteiger charge is 2.50. The van der Waals surface area contributed by atoms with Gasteiger partial charge in [0.2, 0.25) is 0 Å². The summed E-state index contributed by atoms with van der Waals surface area (Å²) in [6, 6.07) is 19.0. The van der Waals surface area contributed by atoms with Crippen LogP contribution in [0.1, 0.15) is 66.1 Å². The van der Waals surface area contributed by atoms with E-state index >= 15 is 0 Å². The molecule has 2 heterocycles. The van der Waals surface area contributed by atoms with Crippen molar-refractivity contribution in [1.29, 1.82) is 0 Å². The number of halogens is 1. The summed E-state index contributed by atoms with van der Waals surface area (Å²) >= 11 is 8.69. The van der Waals surface area contributed by atoms with Gasteiger partial charge in [0.15, 0.2) is 0 Å². The highest BCUT2D eigenvalue weighted by Crippen LogP contribution is 2.58. The first kappa shape index (κ1) is 28.5. The van der Waals surface area contributed by atoms with Gasteiger partial charge in [-0.3, -0.25) is 25.0 Å². The van der Waals surface area contributed by atoms with Crippen molar-refractivity contribution in [3.8, 4) is 0 Å². The first-order chi connectivity index (χ1) is 20.2. The number of benzene rings is 3. The van der Waals surface area contributed by atoms with E-state index in [0.717, 1.165) is 42.6 Å². The summed E-state index contributed by atoms with van der Waals surface area (Å²) in [4.78, 5) is 38.6.